The predicted octanol–water partition coefficient (Wildman–Crippen LogP) is 4.06. The number of anilines is 1. The first kappa shape index (κ1) is 15.2. The summed E-state index contributed by atoms with van der Waals surface area (Å²) in [5, 5.41) is 0. The maximum absolute atomic E-state index is 6.02. The standard InChI is InChI=1S/C18H23N/c1-17(2,3)11-9-14-7-8-15(16(19)13-14)10-12-18(4,5)6/h7-8,13H,19H2,1-6H3. The van der Waals surface area contributed by atoms with Crippen molar-refractivity contribution in [2.24, 2.45) is 10.8 Å². The third-order valence-corrected chi connectivity index (χ3v) is 2.21. The van der Waals surface area contributed by atoms with Gasteiger partial charge >= 0.3 is 0 Å². The minimum absolute atomic E-state index is 0.000522. The molecule has 0 aliphatic heterocycles. The number of hydrogen-bond acceptors (Lipinski definition) is 1. The first-order chi connectivity index (χ1) is 8.57. The Bertz CT molecular complexity index is 573. The van der Waals surface area contributed by atoms with Crippen LogP contribution in [0.3, 0.4) is 0 Å². The van der Waals surface area contributed by atoms with Crippen LogP contribution >= 0.6 is 0 Å². The Labute approximate surface area is 117 Å². The summed E-state index contributed by atoms with van der Waals surface area (Å²) in [7, 11) is 0. The van der Waals surface area contributed by atoms with Crippen molar-refractivity contribution in [3.8, 4) is 23.7 Å². The van der Waals surface area contributed by atoms with E-state index >= 15 is 0 Å². The van der Waals surface area contributed by atoms with Gasteiger partial charge in [-0.25, -0.2) is 0 Å². The summed E-state index contributed by atoms with van der Waals surface area (Å²) < 4.78 is 0. The first-order valence-corrected chi connectivity index (χ1v) is 6.53. The van der Waals surface area contributed by atoms with Gasteiger partial charge in [-0.1, -0.05) is 23.7 Å². The molecule has 1 aromatic carbocycles. The Morgan fingerprint density at radius 3 is 1.84 bits per heavy atom. The Morgan fingerprint density at radius 1 is 0.842 bits per heavy atom. The zero-order chi connectivity index (χ0) is 14.7. The molecule has 0 saturated carbocycles. The lowest BCUT2D eigenvalue weighted by molar-refractivity contribution is 0.570. The number of hydrogen-bond donors (Lipinski definition) is 1. The van der Waals surface area contributed by atoms with Crippen molar-refractivity contribution < 1.29 is 0 Å². The van der Waals surface area contributed by atoms with E-state index in [9.17, 15) is 0 Å². The molecule has 0 bridgehead atoms. The lowest BCUT2D eigenvalue weighted by Crippen LogP contribution is -2.00. The summed E-state index contributed by atoms with van der Waals surface area (Å²) in [4.78, 5) is 0. The quantitative estimate of drug-likeness (QED) is 0.547. The molecular weight excluding hydrogens is 230 g/mol. The SMILES string of the molecule is CC(C)(C)C#Cc1ccc(C#CC(C)(C)C)c(N)c1. The molecule has 0 radical (unpaired) electrons. The molecule has 1 heteroatoms. The van der Waals surface area contributed by atoms with E-state index in [0.717, 1.165) is 11.1 Å². The Morgan fingerprint density at radius 2 is 1.37 bits per heavy atom. The molecule has 0 aliphatic rings. The van der Waals surface area contributed by atoms with Crippen LogP contribution in [0.2, 0.25) is 0 Å². The zero-order valence-corrected chi connectivity index (χ0v) is 12.8. The molecule has 0 amide bonds. The van der Waals surface area contributed by atoms with Crippen molar-refractivity contribution in [2.45, 2.75) is 41.5 Å². The normalized spacial score (nSPS) is 11.1. The summed E-state index contributed by atoms with van der Waals surface area (Å²) in [6.07, 6.45) is 0. The maximum atomic E-state index is 6.02. The third-order valence-electron chi connectivity index (χ3n) is 2.21. The van der Waals surface area contributed by atoms with E-state index in [2.05, 4.69) is 65.2 Å². The molecule has 0 heterocycles. The minimum Gasteiger partial charge on any atom is -0.398 e. The highest BCUT2D eigenvalue weighted by Gasteiger charge is 2.05. The summed E-state index contributed by atoms with van der Waals surface area (Å²) in [6.45, 7) is 12.5. The average Bonchev–Trinajstić information content (AvgIpc) is 2.22. The Balaban J connectivity index is 3.04. The van der Waals surface area contributed by atoms with E-state index in [0.29, 0.717) is 5.69 Å². The lowest BCUT2D eigenvalue weighted by Gasteiger charge is -2.08. The van der Waals surface area contributed by atoms with Gasteiger partial charge in [0.1, 0.15) is 0 Å². The molecule has 0 unspecified atom stereocenters. The summed E-state index contributed by atoms with van der Waals surface area (Å²) in [6, 6.07) is 5.81. The summed E-state index contributed by atoms with van der Waals surface area (Å²) >= 11 is 0. The van der Waals surface area contributed by atoms with Crippen molar-refractivity contribution >= 4 is 5.69 Å². The van der Waals surface area contributed by atoms with Crippen molar-refractivity contribution in [3.05, 3.63) is 29.3 Å². The van der Waals surface area contributed by atoms with Crippen LogP contribution in [0, 0.1) is 34.5 Å². The van der Waals surface area contributed by atoms with Gasteiger partial charge in [0.2, 0.25) is 0 Å². The van der Waals surface area contributed by atoms with Gasteiger partial charge in [0.15, 0.2) is 0 Å². The highest BCUT2D eigenvalue weighted by molar-refractivity contribution is 5.60. The number of nitrogens with two attached hydrogens (primary N) is 1. The average molecular weight is 253 g/mol. The van der Waals surface area contributed by atoms with E-state index in [4.69, 9.17) is 5.73 Å². The van der Waals surface area contributed by atoms with Gasteiger partial charge in [0, 0.05) is 27.6 Å². The molecule has 0 aromatic heterocycles. The first-order valence-electron chi connectivity index (χ1n) is 6.53. The molecule has 1 nitrogen and oxygen atoms in total. The fourth-order valence-corrected chi connectivity index (χ4v) is 1.27. The largest absolute Gasteiger partial charge is 0.398 e. The molecule has 0 atom stereocenters. The van der Waals surface area contributed by atoms with Gasteiger partial charge in [0.25, 0.3) is 0 Å². The summed E-state index contributed by atoms with van der Waals surface area (Å²) in [5.74, 6) is 12.7. The molecule has 0 spiro atoms. The van der Waals surface area contributed by atoms with Gasteiger partial charge in [-0.05, 0) is 59.7 Å². The lowest BCUT2D eigenvalue weighted by atomic mass is 9.96. The fourth-order valence-electron chi connectivity index (χ4n) is 1.27. The molecule has 1 aromatic rings. The van der Waals surface area contributed by atoms with Gasteiger partial charge in [0.05, 0.1) is 0 Å². The van der Waals surface area contributed by atoms with E-state index in [1.165, 1.54) is 0 Å². The number of benzene rings is 1. The highest BCUT2D eigenvalue weighted by atomic mass is 14.6. The highest BCUT2D eigenvalue weighted by Crippen LogP contribution is 2.16. The van der Waals surface area contributed by atoms with Gasteiger partial charge in [-0.3, -0.25) is 0 Å². The minimum atomic E-state index is -0.0167. The topological polar surface area (TPSA) is 26.0 Å². The van der Waals surface area contributed by atoms with E-state index in [1.54, 1.807) is 0 Å². The molecule has 2 N–H and O–H groups in total. The molecule has 0 saturated heterocycles. The zero-order valence-electron chi connectivity index (χ0n) is 12.8. The van der Waals surface area contributed by atoms with Crippen LogP contribution in [0.5, 0.6) is 0 Å². The molecule has 100 valence electrons. The third kappa shape index (κ3) is 6.03. The van der Waals surface area contributed by atoms with Crippen LogP contribution < -0.4 is 5.73 Å². The van der Waals surface area contributed by atoms with E-state index < -0.39 is 0 Å². The van der Waals surface area contributed by atoms with Gasteiger partial charge < -0.3 is 5.73 Å². The van der Waals surface area contributed by atoms with Crippen molar-refractivity contribution in [2.75, 3.05) is 5.73 Å². The molecule has 1 rings (SSSR count). The van der Waals surface area contributed by atoms with Crippen LogP contribution in [0.15, 0.2) is 18.2 Å². The van der Waals surface area contributed by atoms with Crippen LogP contribution in [0.1, 0.15) is 52.7 Å². The van der Waals surface area contributed by atoms with Gasteiger partial charge in [-0.15, -0.1) is 0 Å². The Kier molecular flexibility index (Phi) is 4.33. The second-order valence-electron chi connectivity index (χ2n) is 6.80. The monoisotopic (exact) mass is 253 g/mol. The van der Waals surface area contributed by atoms with Crippen LogP contribution in [-0.2, 0) is 0 Å². The molecule has 0 fully saturated rings. The van der Waals surface area contributed by atoms with Crippen molar-refractivity contribution in [1.82, 2.24) is 0 Å². The van der Waals surface area contributed by atoms with Crippen LogP contribution in [-0.4, -0.2) is 0 Å². The fraction of sp³-hybridized carbons (Fsp3) is 0.444. The maximum Gasteiger partial charge on any atom is 0.0485 e. The molecular formula is C18H23N. The van der Waals surface area contributed by atoms with Crippen molar-refractivity contribution in [1.29, 1.82) is 0 Å². The van der Waals surface area contributed by atoms with Crippen LogP contribution in [0.4, 0.5) is 5.69 Å². The Hall–Kier alpha value is -1.86. The van der Waals surface area contributed by atoms with Crippen LogP contribution in [0.25, 0.3) is 0 Å². The smallest absolute Gasteiger partial charge is 0.0485 e. The van der Waals surface area contributed by atoms with E-state index in [1.807, 2.05) is 18.2 Å². The number of rotatable bonds is 0. The van der Waals surface area contributed by atoms with Gasteiger partial charge in [-0.2, -0.15) is 0 Å². The summed E-state index contributed by atoms with van der Waals surface area (Å²) in [5.41, 5.74) is 8.50. The molecule has 0 aliphatic carbocycles. The van der Waals surface area contributed by atoms with E-state index in [-0.39, 0.29) is 10.8 Å². The number of nitrogen functional groups attached to an aromatic ring is 1. The second kappa shape index (κ2) is 5.41. The van der Waals surface area contributed by atoms with Crippen molar-refractivity contribution in [3.63, 3.8) is 0 Å². The molecule has 19 heavy (non-hydrogen) atoms. The predicted molar refractivity (Wildman–Crippen MR) is 83.5 cm³/mol. The second-order valence-corrected chi connectivity index (χ2v) is 6.80.